The number of benzene rings is 2. The predicted molar refractivity (Wildman–Crippen MR) is 122 cm³/mol. The summed E-state index contributed by atoms with van der Waals surface area (Å²) in [4.78, 5) is 37.9. The first-order valence-electron chi connectivity index (χ1n) is 10.0. The second kappa shape index (κ2) is 11.2. The van der Waals surface area contributed by atoms with Crippen LogP contribution in [0.15, 0.2) is 76.2 Å². The second-order valence-electron chi connectivity index (χ2n) is 6.99. The SMILES string of the molecule is Cc1ccccc1NC(=O)[C@@H](C)OC(=O)c1ccccc1SCC(=O)NCc1ccco1. The average Bonchev–Trinajstić information content (AvgIpc) is 3.31. The fourth-order valence-corrected chi connectivity index (χ4v) is 3.65. The zero-order valence-corrected chi connectivity index (χ0v) is 18.6. The standard InChI is InChI=1S/C24H24N2O5S/c1-16-8-3-5-11-20(16)26-23(28)17(2)31-24(29)19-10-4-6-12-21(19)32-15-22(27)25-14-18-9-7-13-30-18/h3-13,17H,14-15H2,1-2H3,(H,25,27)(H,26,28)/t17-/m1/s1. The Hall–Kier alpha value is -3.52. The maximum Gasteiger partial charge on any atom is 0.340 e. The van der Waals surface area contributed by atoms with E-state index in [-0.39, 0.29) is 11.7 Å². The summed E-state index contributed by atoms with van der Waals surface area (Å²) in [5, 5.41) is 5.52. The third-order valence-electron chi connectivity index (χ3n) is 4.56. The molecule has 3 rings (SSSR count). The lowest BCUT2D eigenvalue weighted by Crippen LogP contribution is -2.30. The van der Waals surface area contributed by atoms with Crippen LogP contribution < -0.4 is 10.6 Å². The predicted octanol–water partition coefficient (Wildman–Crippen LogP) is 4.18. The van der Waals surface area contributed by atoms with Gasteiger partial charge < -0.3 is 19.8 Å². The van der Waals surface area contributed by atoms with Crippen LogP contribution in [0.4, 0.5) is 5.69 Å². The number of thioether (sulfide) groups is 1. The summed E-state index contributed by atoms with van der Waals surface area (Å²) >= 11 is 1.22. The van der Waals surface area contributed by atoms with E-state index in [1.807, 2.05) is 25.1 Å². The van der Waals surface area contributed by atoms with Gasteiger partial charge >= 0.3 is 5.97 Å². The molecule has 0 aliphatic rings. The summed E-state index contributed by atoms with van der Waals surface area (Å²) in [7, 11) is 0. The van der Waals surface area contributed by atoms with Crippen molar-refractivity contribution in [2.75, 3.05) is 11.1 Å². The molecule has 1 aromatic heterocycles. The topological polar surface area (TPSA) is 97.6 Å². The number of anilines is 1. The number of hydrogen-bond acceptors (Lipinski definition) is 6. The number of ether oxygens (including phenoxy) is 1. The van der Waals surface area contributed by atoms with Gasteiger partial charge in [-0.3, -0.25) is 9.59 Å². The number of furan rings is 1. The minimum absolute atomic E-state index is 0.119. The molecule has 0 aliphatic carbocycles. The van der Waals surface area contributed by atoms with Gasteiger partial charge in [-0.1, -0.05) is 30.3 Å². The average molecular weight is 453 g/mol. The molecule has 2 N–H and O–H groups in total. The normalized spacial score (nSPS) is 11.4. The number of carbonyl (C=O) groups excluding carboxylic acids is 3. The van der Waals surface area contributed by atoms with Crippen LogP contribution in [0.2, 0.25) is 0 Å². The van der Waals surface area contributed by atoms with Crippen LogP contribution >= 0.6 is 11.8 Å². The minimum Gasteiger partial charge on any atom is -0.467 e. The molecule has 0 fully saturated rings. The van der Waals surface area contributed by atoms with Gasteiger partial charge in [0.25, 0.3) is 5.91 Å². The molecule has 8 heteroatoms. The van der Waals surface area contributed by atoms with Crippen LogP contribution in [-0.2, 0) is 20.9 Å². The summed E-state index contributed by atoms with van der Waals surface area (Å²) in [6, 6.07) is 17.7. The van der Waals surface area contributed by atoms with Crippen LogP contribution in [0.25, 0.3) is 0 Å². The highest BCUT2D eigenvalue weighted by Gasteiger charge is 2.21. The van der Waals surface area contributed by atoms with Gasteiger partial charge in [0.1, 0.15) is 5.76 Å². The number of rotatable bonds is 9. The second-order valence-corrected chi connectivity index (χ2v) is 8.01. The van der Waals surface area contributed by atoms with Crippen molar-refractivity contribution in [3.05, 3.63) is 83.8 Å². The molecule has 2 aromatic carbocycles. The smallest absolute Gasteiger partial charge is 0.340 e. The van der Waals surface area contributed by atoms with E-state index in [1.165, 1.54) is 18.7 Å². The van der Waals surface area contributed by atoms with E-state index in [0.29, 0.717) is 28.5 Å². The maximum absolute atomic E-state index is 12.7. The van der Waals surface area contributed by atoms with Crippen molar-refractivity contribution < 1.29 is 23.5 Å². The third kappa shape index (κ3) is 6.49. The van der Waals surface area contributed by atoms with Gasteiger partial charge in [-0.05, 0) is 49.7 Å². The fraction of sp³-hybridized carbons (Fsp3) is 0.208. The molecular formula is C24H24N2O5S. The van der Waals surface area contributed by atoms with Gasteiger partial charge in [-0.2, -0.15) is 0 Å². The summed E-state index contributed by atoms with van der Waals surface area (Å²) in [5.41, 5.74) is 1.87. The van der Waals surface area contributed by atoms with Crippen molar-refractivity contribution in [3.63, 3.8) is 0 Å². The minimum atomic E-state index is -0.989. The first-order chi connectivity index (χ1) is 15.4. The molecule has 166 valence electrons. The van der Waals surface area contributed by atoms with Crippen molar-refractivity contribution in [1.29, 1.82) is 0 Å². The number of aryl methyl sites for hydroxylation is 1. The highest BCUT2D eigenvalue weighted by molar-refractivity contribution is 8.00. The van der Waals surface area contributed by atoms with Crippen LogP contribution in [-0.4, -0.2) is 29.6 Å². The van der Waals surface area contributed by atoms with Crippen LogP contribution in [0.1, 0.15) is 28.6 Å². The Balaban J connectivity index is 1.55. The van der Waals surface area contributed by atoms with Crippen molar-refractivity contribution in [1.82, 2.24) is 5.32 Å². The highest BCUT2D eigenvalue weighted by atomic mass is 32.2. The van der Waals surface area contributed by atoms with Gasteiger partial charge in [0, 0.05) is 10.6 Å². The molecule has 0 radical (unpaired) electrons. The molecule has 0 aliphatic heterocycles. The van der Waals surface area contributed by atoms with E-state index in [0.717, 1.165) is 5.56 Å². The molecule has 32 heavy (non-hydrogen) atoms. The quantitative estimate of drug-likeness (QED) is 0.373. The molecular weight excluding hydrogens is 428 g/mol. The lowest BCUT2D eigenvalue weighted by Gasteiger charge is -2.16. The van der Waals surface area contributed by atoms with E-state index < -0.39 is 18.0 Å². The van der Waals surface area contributed by atoms with Gasteiger partial charge in [-0.25, -0.2) is 4.79 Å². The maximum atomic E-state index is 12.7. The van der Waals surface area contributed by atoms with Gasteiger partial charge in [0.15, 0.2) is 6.10 Å². The Morgan fingerprint density at radius 2 is 1.78 bits per heavy atom. The van der Waals surface area contributed by atoms with E-state index in [1.54, 1.807) is 48.7 Å². The Kier molecular flexibility index (Phi) is 8.10. The van der Waals surface area contributed by atoms with Crippen LogP contribution in [0.5, 0.6) is 0 Å². The highest BCUT2D eigenvalue weighted by Crippen LogP contribution is 2.24. The number of nitrogens with one attached hydrogen (secondary N) is 2. The zero-order valence-electron chi connectivity index (χ0n) is 17.8. The third-order valence-corrected chi connectivity index (χ3v) is 5.64. The molecule has 1 heterocycles. The van der Waals surface area contributed by atoms with Crippen LogP contribution in [0, 0.1) is 6.92 Å². The molecule has 2 amide bonds. The lowest BCUT2D eigenvalue weighted by atomic mass is 10.2. The van der Waals surface area contributed by atoms with E-state index >= 15 is 0 Å². The number of carbonyl (C=O) groups is 3. The van der Waals surface area contributed by atoms with Gasteiger partial charge in [0.05, 0.1) is 24.1 Å². The summed E-state index contributed by atoms with van der Waals surface area (Å²) in [6.07, 6.45) is 0.553. The molecule has 0 unspecified atom stereocenters. The van der Waals surface area contributed by atoms with Crippen molar-refractivity contribution in [2.24, 2.45) is 0 Å². The Labute approximate surface area is 190 Å². The molecule has 0 saturated carbocycles. The molecule has 0 bridgehead atoms. The summed E-state index contributed by atoms with van der Waals surface area (Å²) in [5.74, 6) is -0.466. The number of hydrogen-bond donors (Lipinski definition) is 2. The largest absolute Gasteiger partial charge is 0.467 e. The van der Waals surface area contributed by atoms with Crippen molar-refractivity contribution in [2.45, 2.75) is 31.4 Å². The van der Waals surface area contributed by atoms with Gasteiger partial charge in [0.2, 0.25) is 5.91 Å². The van der Waals surface area contributed by atoms with Crippen molar-refractivity contribution >= 4 is 35.2 Å². The Morgan fingerprint density at radius 3 is 2.53 bits per heavy atom. The molecule has 1 atom stereocenters. The molecule has 0 saturated heterocycles. The fourth-order valence-electron chi connectivity index (χ4n) is 2.78. The van der Waals surface area contributed by atoms with E-state index in [2.05, 4.69) is 10.6 Å². The number of esters is 1. The van der Waals surface area contributed by atoms with Gasteiger partial charge in [-0.15, -0.1) is 11.8 Å². The van der Waals surface area contributed by atoms with Crippen molar-refractivity contribution in [3.8, 4) is 0 Å². The molecule has 7 nitrogen and oxygen atoms in total. The van der Waals surface area contributed by atoms with Crippen LogP contribution in [0.3, 0.4) is 0 Å². The first kappa shape index (κ1) is 23.1. The first-order valence-corrected chi connectivity index (χ1v) is 11.0. The number of para-hydroxylation sites is 1. The summed E-state index contributed by atoms with van der Waals surface area (Å²) < 4.78 is 10.6. The number of amides is 2. The monoisotopic (exact) mass is 452 g/mol. The van der Waals surface area contributed by atoms with E-state index in [9.17, 15) is 14.4 Å². The lowest BCUT2D eigenvalue weighted by molar-refractivity contribution is -0.123. The van der Waals surface area contributed by atoms with E-state index in [4.69, 9.17) is 9.15 Å². The molecule has 3 aromatic rings. The Bertz CT molecular complexity index is 1080. The molecule has 0 spiro atoms. The summed E-state index contributed by atoms with van der Waals surface area (Å²) in [6.45, 7) is 3.69. The Morgan fingerprint density at radius 1 is 1.03 bits per heavy atom. The zero-order chi connectivity index (χ0) is 22.9.